The lowest BCUT2D eigenvalue weighted by molar-refractivity contribution is 0.0373. The van der Waals surface area contributed by atoms with Gasteiger partial charge in [0.2, 0.25) is 0 Å². The number of aliphatic hydroxyl groups is 1. The molecule has 0 spiro atoms. The van der Waals surface area contributed by atoms with E-state index in [1.807, 2.05) is 0 Å². The quantitative estimate of drug-likeness (QED) is 0.913. The van der Waals surface area contributed by atoms with Crippen LogP contribution in [0, 0.1) is 11.6 Å². The number of aliphatic hydroxyl groups excluding tert-OH is 1. The summed E-state index contributed by atoms with van der Waals surface area (Å²) in [5.41, 5.74) is 0.303. The standard InChI is InChI=1S/C18H26F2N2O2/c1-24-17-3-2-16(19)18(20)15(17)12-21-8-4-13(5-9-21)22-10-6-14(23)7-11-22/h2-3,13-14,23H,4-12H2,1H3. The third-order valence-electron chi connectivity index (χ3n) is 5.33. The van der Waals surface area contributed by atoms with Crippen LogP contribution in [-0.2, 0) is 6.54 Å². The predicted octanol–water partition coefficient (Wildman–Crippen LogP) is 2.39. The van der Waals surface area contributed by atoms with Crippen LogP contribution in [0.25, 0.3) is 0 Å². The highest BCUT2D eigenvalue weighted by molar-refractivity contribution is 5.35. The van der Waals surface area contributed by atoms with Crippen LogP contribution in [0.4, 0.5) is 8.78 Å². The molecule has 1 aromatic carbocycles. The maximum Gasteiger partial charge on any atom is 0.167 e. The summed E-state index contributed by atoms with van der Waals surface area (Å²) in [6.07, 6.45) is 3.60. The molecule has 2 saturated heterocycles. The van der Waals surface area contributed by atoms with E-state index in [2.05, 4.69) is 9.80 Å². The highest BCUT2D eigenvalue weighted by Crippen LogP contribution is 2.27. The van der Waals surface area contributed by atoms with Crippen LogP contribution in [-0.4, -0.2) is 60.3 Å². The van der Waals surface area contributed by atoms with Crippen LogP contribution >= 0.6 is 0 Å². The molecular formula is C18H26F2N2O2. The van der Waals surface area contributed by atoms with Gasteiger partial charge < -0.3 is 14.7 Å². The van der Waals surface area contributed by atoms with Gasteiger partial charge in [-0.3, -0.25) is 4.90 Å². The van der Waals surface area contributed by atoms with Crippen molar-refractivity contribution in [1.29, 1.82) is 0 Å². The van der Waals surface area contributed by atoms with Gasteiger partial charge in [-0.1, -0.05) is 0 Å². The molecule has 2 aliphatic heterocycles. The number of hydrogen-bond donors (Lipinski definition) is 1. The zero-order chi connectivity index (χ0) is 17.1. The third kappa shape index (κ3) is 3.87. The summed E-state index contributed by atoms with van der Waals surface area (Å²) in [7, 11) is 1.48. The van der Waals surface area contributed by atoms with Crippen LogP contribution in [0.1, 0.15) is 31.2 Å². The van der Waals surface area contributed by atoms with Crippen LogP contribution in [0.2, 0.25) is 0 Å². The number of nitrogens with zero attached hydrogens (tertiary/aromatic N) is 2. The molecule has 3 rings (SSSR count). The molecule has 0 aromatic heterocycles. The zero-order valence-electron chi connectivity index (χ0n) is 14.2. The molecular weight excluding hydrogens is 314 g/mol. The minimum Gasteiger partial charge on any atom is -0.496 e. The number of likely N-dealkylation sites (tertiary alicyclic amines) is 2. The molecule has 134 valence electrons. The van der Waals surface area contributed by atoms with Gasteiger partial charge in [0.1, 0.15) is 5.75 Å². The van der Waals surface area contributed by atoms with E-state index in [0.717, 1.165) is 57.9 Å². The van der Waals surface area contributed by atoms with E-state index in [1.165, 1.54) is 13.2 Å². The number of methoxy groups -OCH3 is 1. The van der Waals surface area contributed by atoms with Crippen molar-refractivity contribution in [3.05, 3.63) is 29.3 Å². The number of halogens is 2. The summed E-state index contributed by atoms with van der Waals surface area (Å²) in [4.78, 5) is 4.63. The second kappa shape index (κ2) is 7.76. The molecule has 0 amide bonds. The number of ether oxygens (including phenoxy) is 1. The Morgan fingerprint density at radius 1 is 1.08 bits per heavy atom. The van der Waals surface area contributed by atoms with E-state index in [-0.39, 0.29) is 6.10 Å². The monoisotopic (exact) mass is 340 g/mol. The first-order valence-electron chi connectivity index (χ1n) is 8.74. The zero-order valence-corrected chi connectivity index (χ0v) is 14.2. The lowest BCUT2D eigenvalue weighted by atomic mass is 9.98. The van der Waals surface area contributed by atoms with Crippen molar-refractivity contribution in [2.24, 2.45) is 0 Å². The lowest BCUT2D eigenvalue weighted by Crippen LogP contribution is -2.48. The van der Waals surface area contributed by atoms with Crippen molar-refractivity contribution in [3.63, 3.8) is 0 Å². The van der Waals surface area contributed by atoms with E-state index in [9.17, 15) is 13.9 Å². The third-order valence-corrected chi connectivity index (χ3v) is 5.33. The number of benzene rings is 1. The fourth-order valence-electron chi connectivity index (χ4n) is 3.83. The Morgan fingerprint density at radius 3 is 2.38 bits per heavy atom. The highest BCUT2D eigenvalue weighted by Gasteiger charge is 2.28. The summed E-state index contributed by atoms with van der Waals surface area (Å²) in [5, 5.41) is 9.62. The molecule has 2 aliphatic rings. The number of rotatable bonds is 4. The number of piperidine rings is 2. The minimum atomic E-state index is -0.826. The van der Waals surface area contributed by atoms with Crippen molar-refractivity contribution in [1.82, 2.24) is 9.80 Å². The summed E-state index contributed by atoms with van der Waals surface area (Å²) in [6, 6.07) is 3.13. The average Bonchev–Trinajstić information content (AvgIpc) is 2.61. The molecule has 2 heterocycles. The van der Waals surface area contributed by atoms with Crippen LogP contribution in [0.15, 0.2) is 12.1 Å². The SMILES string of the molecule is COc1ccc(F)c(F)c1CN1CCC(N2CCC(O)CC2)CC1. The van der Waals surface area contributed by atoms with E-state index in [1.54, 1.807) is 0 Å². The van der Waals surface area contributed by atoms with Gasteiger partial charge in [-0.05, 0) is 50.9 Å². The number of hydrogen-bond acceptors (Lipinski definition) is 4. The Bertz CT molecular complexity index is 554. The fraction of sp³-hybridized carbons (Fsp3) is 0.667. The first-order valence-corrected chi connectivity index (χ1v) is 8.74. The van der Waals surface area contributed by atoms with E-state index >= 15 is 0 Å². The first-order chi connectivity index (χ1) is 11.6. The van der Waals surface area contributed by atoms with Gasteiger partial charge in [-0.2, -0.15) is 0 Å². The smallest absolute Gasteiger partial charge is 0.167 e. The normalized spacial score (nSPS) is 22.0. The van der Waals surface area contributed by atoms with Gasteiger partial charge in [0.05, 0.1) is 13.2 Å². The van der Waals surface area contributed by atoms with Gasteiger partial charge in [0.15, 0.2) is 11.6 Å². The summed E-state index contributed by atoms with van der Waals surface area (Å²) in [5.74, 6) is -1.23. The minimum absolute atomic E-state index is 0.148. The van der Waals surface area contributed by atoms with Crippen molar-refractivity contribution >= 4 is 0 Å². The van der Waals surface area contributed by atoms with Gasteiger partial charge >= 0.3 is 0 Å². The molecule has 2 fully saturated rings. The van der Waals surface area contributed by atoms with Crippen LogP contribution < -0.4 is 4.74 Å². The van der Waals surface area contributed by atoms with E-state index in [4.69, 9.17) is 4.74 Å². The molecule has 0 aliphatic carbocycles. The van der Waals surface area contributed by atoms with Gasteiger partial charge in [-0.15, -0.1) is 0 Å². The van der Waals surface area contributed by atoms with Crippen molar-refractivity contribution in [2.75, 3.05) is 33.3 Å². The van der Waals surface area contributed by atoms with Crippen LogP contribution in [0.5, 0.6) is 5.75 Å². The molecule has 0 bridgehead atoms. The van der Waals surface area contributed by atoms with Crippen LogP contribution in [0.3, 0.4) is 0 Å². The second-order valence-electron chi connectivity index (χ2n) is 6.82. The van der Waals surface area contributed by atoms with Crippen molar-refractivity contribution in [2.45, 2.75) is 44.4 Å². The molecule has 0 atom stereocenters. The molecule has 0 unspecified atom stereocenters. The fourth-order valence-corrected chi connectivity index (χ4v) is 3.83. The molecule has 1 aromatic rings. The van der Waals surface area contributed by atoms with Gasteiger partial charge in [0.25, 0.3) is 0 Å². The molecule has 4 nitrogen and oxygen atoms in total. The van der Waals surface area contributed by atoms with Gasteiger partial charge in [-0.25, -0.2) is 8.78 Å². The predicted molar refractivity (Wildman–Crippen MR) is 88.0 cm³/mol. The molecule has 24 heavy (non-hydrogen) atoms. The first kappa shape index (κ1) is 17.6. The molecule has 0 radical (unpaired) electrons. The summed E-state index contributed by atoms with van der Waals surface area (Å²) < 4.78 is 32.8. The maximum atomic E-state index is 14.1. The second-order valence-corrected chi connectivity index (χ2v) is 6.82. The summed E-state index contributed by atoms with van der Waals surface area (Å²) >= 11 is 0. The average molecular weight is 340 g/mol. The Labute approximate surface area is 142 Å². The topological polar surface area (TPSA) is 35.9 Å². The highest BCUT2D eigenvalue weighted by atomic mass is 19.2. The lowest BCUT2D eigenvalue weighted by Gasteiger charge is -2.41. The summed E-state index contributed by atoms with van der Waals surface area (Å²) in [6.45, 7) is 4.01. The Morgan fingerprint density at radius 2 is 1.75 bits per heavy atom. The molecule has 6 heteroatoms. The van der Waals surface area contributed by atoms with Crippen molar-refractivity contribution in [3.8, 4) is 5.75 Å². The Kier molecular flexibility index (Phi) is 5.69. The Balaban J connectivity index is 1.57. The van der Waals surface area contributed by atoms with Crippen molar-refractivity contribution < 1.29 is 18.6 Å². The maximum absolute atomic E-state index is 14.1. The van der Waals surface area contributed by atoms with E-state index < -0.39 is 11.6 Å². The molecule has 1 N–H and O–H groups in total. The largest absolute Gasteiger partial charge is 0.496 e. The van der Waals surface area contributed by atoms with E-state index in [0.29, 0.717) is 23.9 Å². The molecule has 0 saturated carbocycles. The Hall–Kier alpha value is -1.24. The van der Waals surface area contributed by atoms with Gasteiger partial charge in [0, 0.05) is 31.2 Å².